The van der Waals surface area contributed by atoms with Crippen LogP contribution in [0.2, 0.25) is 0 Å². The van der Waals surface area contributed by atoms with E-state index in [4.69, 9.17) is 11.3 Å². The van der Waals surface area contributed by atoms with Crippen molar-refractivity contribution in [1.82, 2.24) is 4.98 Å². The van der Waals surface area contributed by atoms with Crippen molar-refractivity contribution in [2.24, 2.45) is 5.11 Å². The number of aromatic nitrogens is 1. The molecule has 0 atom stereocenters. The molecule has 0 aliphatic carbocycles. The molecule has 3 aromatic rings. The minimum Gasteiger partial charge on any atom is -0.397 e. The molecule has 1 heterocycles. The summed E-state index contributed by atoms with van der Waals surface area (Å²) in [5, 5.41) is 3.80. The van der Waals surface area contributed by atoms with E-state index in [-0.39, 0.29) is 0 Å². The van der Waals surface area contributed by atoms with Gasteiger partial charge in [-0.2, -0.15) is 5.53 Å². The Morgan fingerprint density at radius 1 is 1.11 bits per heavy atom. The molecular formula is C13H11N4S+. The van der Waals surface area contributed by atoms with Crippen LogP contribution in [-0.2, 0) is 0 Å². The van der Waals surface area contributed by atoms with E-state index in [1.807, 2.05) is 35.8 Å². The van der Waals surface area contributed by atoms with Crippen molar-refractivity contribution in [3.63, 3.8) is 0 Å². The zero-order chi connectivity index (χ0) is 12.5. The molecule has 0 unspecified atom stereocenters. The first-order valence-electron chi connectivity index (χ1n) is 5.43. The second-order valence-electron chi connectivity index (χ2n) is 3.88. The summed E-state index contributed by atoms with van der Waals surface area (Å²) in [7, 11) is 0. The number of hydrogen-bond donors (Lipinski definition) is 2. The van der Waals surface area contributed by atoms with E-state index in [2.05, 4.69) is 10.1 Å². The molecule has 0 aliphatic heterocycles. The highest BCUT2D eigenvalue weighted by Gasteiger charge is 2.13. The largest absolute Gasteiger partial charge is 0.397 e. The van der Waals surface area contributed by atoms with E-state index in [0.717, 1.165) is 21.3 Å². The van der Waals surface area contributed by atoms with Gasteiger partial charge in [-0.25, -0.2) is 4.98 Å². The Labute approximate surface area is 108 Å². The summed E-state index contributed by atoms with van der Waals surface area (Å²) >= 11 is 1.60. The van der Waals surface area contributed by atoms with Crippen LogP contribution in [0.1, 0.15) is 0 Å². The van der Waals surface area contributed by atoms with Crippen molar-refractivity contribution in [3.05, 3.63) is 41.9 Å². The normalized spacial score (nSPS) is 10.7. The van der Waals surface area contributed by atoms with Gasteiger partial charge in [0.05, 0.1) is 21.4 Å². The molecule has 2 aromatic carbocycles. The molecule has 4 N–H and O–H groups in total. The Balaban J connectivity index is 2.36. The number of hydrogen-bond acceptors (Lipinski definition) is 4. The van der Waals surface area contributed by atoms with Gasteiger partial charge in [0.25, 0.3) is 0 Å². The molecule has 5 heteroatoms. The van der Waals surface area contributed by atoms with Gasteiger partial charge in [0.1, 0.15) is 0 Å². The maximum Gasteiger partial charge on any atom is 0.160 e. The van der Waals surface area contributed by atoms with Gasteiger partial charge in [-0.1, -0.05) is 24.3 Å². The lowest BCUT2D eigenvalue weighted by molar-refractivity contribution is -0.210. The molecule has 0 saturated carbocycles. The second-order valence-corrected chi connectivity index (χ2v) is 4.73. The predicted molar refractivity (Wildman–Crippen MR) is 73.5 cm³/mol. The first-order chi connectivity index (χ1) is 8.81. The van der Waals surface area contributed by atoms with Crippen LogP contribution >= 0.6 is 11.3 Å². The minimum absolute atomic E-state index is 0.580. The van der Waals surface area contributed by atoms with Crippen LogP contribution in [0.5, 0.6) is 0 Å². The molecule has 0 amide bonds. The molecule has 0 aliphatic rings. The molecule has 0 fully saturated rings. The number of nitrogens with two attached hydrogens (primary N) is 2. The maximum absolute atomic E-state index is 5.90. The summed E-state index contributed by atoms with van der Waals surface area (Å²) < 4.78 is 1.12. The standard InChI is InChI=1S/C13H10N4S/c14-10-5-1-3-8(12(10)17-15)9-4-2-6-11-13(9)18-7-16-11/h1-7,15H,14H2/p+1. The average molecular weight is 255 g/mol. The van der Waals surface area contributed by atoms with E-state index in [9.17, 15) is 0 Å². The third-order valence-electron chi connectivity index (χ3n) is 2.84. The van der Waals surface area contributed by atoms with Gasteiger partial charge in [-0.3, -0.25) is 0 Å². The van der Waals surface area contributed by atoms with Gasteiger partial charge in [0, 0.05) is 11.1 Å². The summed E-state index contributed by atoms with van der Waals surface area (Å²) in [6, 6.07) is 11.7. The van der Waals surface area contributed by atoms with Crippen LogP contribution in [-0.4, -0.2) is 4.98 Å². The molecule has 0 saturated heterocycles. The van der Waals surface area contributed by atoms with Crippen LogP contribution in [0.15, 0.2) is 47.0 Å². The highest BCUT2D eigenvalue weighted by atomic mass is 32.1. The summed E-state index contributed by atoms with van der Waals surface area (Å²) in [5.74, 6) is 0. The van der Waals surface area contributed by atoms with Crippen LogP contribution in [0.3, 0.4) is 0 Å². The Bertz CT molecular complexity index is 733. The van der Waals surface area contributed by atoms with Crippen LogP contribution in [0.4, 0.5) is 11.4 Å². The summed E-state index contributed by atoms with van der Waals surface area (Å²) in [4.78, 5) is 4.31. The van der Waals surface area contributed by atoms with Gasteiger partial charge < -0.3 is 5.73 Å². The minimum atomic E-state index is 0.580. The topological polar surface area (TPSA) is 76.9 Å². The first-order valence-corrected chi connectivity index (χ1v) is 6.31. The fourth-order valence-corrected chi connectivity index (χ4v) is 2.84. The lowest BCUT2D eigenvalue weighted by Crippen LogP contribution is -2.22. The van der Waals surface area contributed by atoms with Crippen molar-refractivity contribution in [3.8, 4) is 11.1 Å². The lowest BCUT2D eigenvalue weighted by Gasteiger charge is -2.06. The zero-order valence-electron chi connectivity index (χ0n) is 9.50. The zero-order valence-corrected chi connectivity index (χ0v) is 10.3. The predicted octanol–water partition coefficient (Wildman–Crippen LogP) is 2.39. The fraction of sp³-hybridized carbons (Fsp3) is 0. The molecule has 18 heavy (non-hydrogen) atoms. The van der Waals surface area contributed by atoms with Crippen molar-refractivity contribution in [1.29, 1.82) is 0 Å². The Morgan fingerprint density at radius 3 is 2.72 bits per heavy atom. The van der Waals surface area contributed by atoms with Gasteiger partial charge in [-0.05, 0) is 17.2 Å². The molecule has 3 rings (SSSR count). The van der Waals surface area contributed by atoms with E-state index in [1.54, 1.807) is 17.4 Å². The molecule has 0 bridgehead atoms. The SMILES string of the molecule is Nc1cccc(-c2cccc3ncsc23)c1N=[NH2+]. The van der Waals surface area contributed by atoms with E-state index >= 15 is 0 Å². The maximum atomic E-state index is 5.90. The van der Waals surface area contributed by atoms with E-state index < -0.39 is 0 Å². The number of rotatable bonds is 2. The average Bonchev–Trinajstić information content (AvgIpc) is 2.86. The third-order valence-corrected chi connectivity index (χ3v) is 3.72. The number of nitrogens with zero attached hydrogens (tertiary/aromatic N) is 2. The second kappa shape index (κ2) is 4.19. The van der Waals surface area contributed by atoms with Gasteiger partial charge >= 0.3 is 0 Å². The monoisotopic (exact) mass is 255 g/mol. The Kier molecular flexibility index (Phi) is 2.53. The molecule has 88 valence electrons. The van der Waals surface area contributed by atoms with Crippen molar-refractivity contribution in [2.45, 2.75) is 0 Å². The molecule has 0 spiro atoms. The number of thiazole rings is 1. The fourth-order valence-electron chi connectivity index (χ4n) is 2.02. The van der Waals surface area contributed by atoms with Gasteiger partial charge in [0.15, 0.2) is 5.69 Å². The van der Waals surface area contributed by atoms with Gasteiger partial charge in [-0.15, -0.1) is 11.3 Å². The van der Waals surface area contributed by atoms with E-state index in [1.165, 1.54) is 0 Å². The number of fused-ring (bicyclic) bond motifs is 1. The summed E-state index contributed by atoms with van der Waals surface area (Å²) in [6.45, 7) is 0. The number of nitrogen functional groups attached to an aromatic ring is 1. The quantitative estimate of drug-likeness (QED) is 0.545. The number of anilines is 1. The van der Waals surface area contributed by atoms with Crippen molar-refractivity contribution in [2.75, 3.05) is 5.73 Å². The first kappa shape index (κ1) is 10.9. The van der Waals surface area contributed by atoms with E-state index in [0.29, 0.717) is 11.4 Å². The van der Waals surface area contributed by atoms with Gasteiger partial charge in [0.2, 0.25) is 0 Å². The lowest BCUT2D eigenvalue weighted by atomic mass is 10.0. The highest BCUT2D eigenvalue weighted by Crippen LogP contribution is 2.38. The van der Waals surface area contributed by atoms with Crippen molar-refractivity contribution < 1.29 is 5.53 Å². The summed E-state index contributed by atoms with van der Waals surface area (Å²) in [5.41, 5.74) is 17.4. The molecule has 0 radical (unpaired) electrons. The Hall–Kier alpha value is -2.27. The number of benzene rings is 2. The van der Waals surface area contributed by atoms with Crippen molar-refractivity contribution >= 4 is 32.9 Å². The van der Waals surface area contributed by atoms with Crippen LogP contribution < -0.4 is 11.3 Å². The third kappa shape index (κ3) is 1.56. The van der Waals surface area contributed by atoms with Crippen LogP contribution in [0, 0.1) is 0 Å². The highest BCUT2D eigenvalue weighted by molar-refractivity contribution is 7.17. The molecule has 4 nitrogen and oxygen atoms in total. The molecule has 1 aromatic heterocycles. The smallest absolute Gasteiger partial charge is 0.160 e. The molecular weight excluding hydrogens is 244 g/mol. The van der Waals surface area contributed by atoms with Crippen LogP contribution in [0.25, 0.3) is 21.3 Å². The Morgan fingerprint density at radius 2 is 1.89 bits per heavy atom. The summed E-state index contributed by atoms with van der Waals surface area (Å²) in [6.07, 6.45) is 0.